The van der Waals surface area contributed by atoms with Crippen molar-refractivity contribution < 1.29 is 19.4 Å². The summed E-state index contributed by atoms with van der Waals surface area (Å²) in [6.07, 6.45) is 2.26. The van der Waals surface area contributed by atoms with Gasteiger partial charge in [-0.3, -0.25) is 4.79 Å². The van der Waals surface area contributed by atoms with Gasteiger partial charge in [-0.2, -0.15) is 0 Å². The fraction of sp³-hybridized carbons (Fsp3) is 0.875. The minimum absolute atomic E-state index is 0.0750. The van der Waals surface area contributed by atoms with E-state index in [0.29, 0.717) is 6.42 Å². The number of carboxylic acids is 1. The van der Waals surface area contributed by atoms with Gasteiger partial charge in [-0.05, 0) is 19.3 Å². The molecule has 0 spiro atoms. The second-order valence-electron chi connectivity index (χ2n) is 3.04. The molecule has 12 heavy (non-hydrogen) atoms. The lowest BCUT2D eigenvalue weighted by molar-refractivity contribution is -0.142. The van der Waals surface area contributed by atoms with E-state index in [2.05, 4.69) is 0 Å². The van der Waals surface area contributed by atoms with Crippen LogP contribution in [0.2, 0.25) is 0 Å². The lowest BCUT2D eigenvalue weighted by atomic mass is 10.1. The zero-order chi connectivity index (χ0) is 8.97. The highest BCUT2D eigenvalue weighted by Gasteiger charge is 2.29. The van der Waals surface area contributed by atoms with Gasteiger partial charge in [0.1, 0.15) is 6.79 Å². The van der Waals surface area contributed by atoms with Crippen LogP contribution in [0.25, 0.3) is 0 Å². The van der Waals surface area contributed by atoms with Crippen molar-refractivity contribution in [2.75, 3.05) is 13.9 Å². The molecule has 1 aliphatic carbocycles. The summed E-state index contributed by atoms with van der Waals surface area (Å²) in [5.74, 6) is -0.926. The van der Waals surface area contributed by atoms with Gasteiger partial charge in [-0.25, -0.2) is 0 Å². The number of carboxylic acid groups (broad SMARTS) is 1. The number of aliphatic carboxylic acids is 1. The van der Waals surface area contributed by atoms with E-state index in [-0.39, 0.29) is 18.8 Å². The van der Waals surface area contributed by atoms with Crippen LogP contribution in [0.15, 0.2) is 0 Å². The number of hydrogen-bond acceptors (Lipinski definition) is 3. The Morgan fingerprint density at radius 3 is 2.83 bits per heavy atom. The molecule has 0 amide bonds. The predicted octanol–water partition coefficient (Wildman–Crippen LogP) is 0.860. The number of carbonyl (C=O) groups is 1. The van der Waals surface area contributed by atoms with Crippen molar-refractivity contribution in [1.29, 1.82) is 0 Å². The summed E-state index contributed by atoms with van der Waals surface area (Å²) in [4.78, 5) is 10.5. The molecule has 0 aromatic rings. The van der Waals surface area contributed by atoms with Crippen LogP contribution in [0.5, 0.6) is 0 Å². The van der Waals surface area contributed by atoms with Crippen molar-refractivity contribution >= 4 is 5.97 Å². The first-order chi connectivity index (χ1) is 5.74. The molecule has 0 heterocycles. The Labute approximate surface area is 71.5 Å². The molecule has 1 fully saturated rings. The zero-order valence-electron chi connectivity index (χ0n) is 7.16. The fourth-order valence-electron chi connectivity index (χ4n) is 1.48. The third-order valence-electron chi connectivity index (χ3n) is 2.16. The van der Waals surface area contributed by atoms with Gasteiger partial charge < -0.3 is 14.6 Å². The van der Waals surface area contributed by atoms with Crippen LogP contribution in [0.3, 0.4) is 0 Å². The molecular formula is C8H14O4. The lowest BCUT2D eigenvalue weighted by Crippen LogP contribution is -2.14. The van der Waals surface area contributed by atoms with Gasteiger partial charge in [0, 0.05) is 7.11 Å². The molecular weight excluding hydrogens is 160 g/mol. The van der Waals surface area contributed by atoms with Crippen LogP contribution in [-0.4, -0.2) is 31.1 Å². The van der Waals surface area contributed by atoms with E-state index >= 15 is 0 Å². The minimum Gasteiger partial charge on any atom is -0.481 e. The van der Waals surface area contributed by atoms with E-state index in [1.165, 1.54) is 0 Å². The average Bonchev–Trinajstić information content (AvgIpc) is 2.48. The van der Waals surface area contributed by atoms with Crippen LogP contribution in [-0.2, 0) is 14.3 Å². The Balaban J connectivity index is 2.21. The summed E-state index contributed by atoms with van der Waals surface area (Å²) in [6.45, 7) is 0.261. The fourth-order valence-corrected chi connectivity index (χ4v) is 1.48. The van der Waals surface area contributed by atoms with E-state index in [9.17, 15) is 4.79 Å². The van der Waals surface area contributed by atoms with Crippen LogP contribution >= 0.6 is 0 Å². The normalized spacial score (nSPS) is 29.1. The van der Waals surface area contributed by atoms with Crippen LogP contribution in [0, 0.1) is 5.92 Å². The maximum atomic E-state index is 10.5. The van der Waals surface area contributed by atoms with Gasteiger partial charge in [0.2, 0.25) is 0 Å². The van der Waals surface area contributed by atoms with Crippen molar-refractivity contribution in [2.45, 2.75) is 25.4 Å². The standard InChI is InChI=1S/C8H14O4/c1-11-5-12-7-3-2-6(4-7)8(9)10/h6-7H,2-5H2,1H3,(H,9,10). The Morgan fingerprint density at radius 1 is 1.58 bits per heavy atom. The molecule has 1 N–H and O–H groups in total. The van der Waals surface area contributed by atoms with Crippen LogP contribution < -0.4 is 0 Å². The lowest BCUT2D eigenvalue weighted by Gasteiger charge is -2.09. The predicted molar refractivity (Wildman–Crippen MR) is 41.7 cm³/mol. The second kappa shape index (κ2) is 4.42. The number of methoxy groups -OCH3 is 1. The van der Waals surface area contributed by atoms with Crippen molar-refractivity contribution in [1.82, 2.24) is 0 Å². The quantitative estimate of drug-likeness (QED) is 0.642. The molecule has 0 saturated heterocycles. The van der Waals surface area contributed by atoms with E-state index in [4.69, 9.17) is 14.6 Å². The topological polar surface area (TPSA) is 55.8 Å². The van der Waals surface area contributed by atoms with Crippen molar-refractivity contribution in [2.24, 2.45) is 5.92 Å². The molecule has 1 rings (SSSR count). The largest absolute Gasteiger partial charge is 0.481 e. The first-order valence-electron chi connectivity index (χ1n) is 4.07. The maximum absolute atomic E-state index is 10.5. The van der Waals surface area contributed by atoms with E-state index in [1.807, 2.05) is 0 Å². The van der Waals surface area contributed by atoms with E-state index in [0.717, 1.165) is 12.8 Å². The minimum atomic E-state index is -0.710. The second-order valence-corrected chi connectivity index (χ2v) is 3.04. The SMILES string of the molecule is COCOC1CCC(C(=O)O)C1. The monoisotopic (exact) mass is 174 g/mol. The number of hydrogen-bond donors (Lipinski definition) is 1. The van der Waals surface area contributed by atoms with Gasteiger partial charge in [0.15, 0.2) is 0 Å². The summed E-state index contributed by atoms with van der Waals surface area (Å²) in [5, 5.41) is 8.67. The third kappa shape index (κ3) is 2.46. The molecule has 4 nitrogen and oxygen atoms in total. The van der Waals surface area contributed by atoms with Crippen molar-refractivity contribution in [3.8, 4) is 0 Å². The van der Waals surface area contributed by atoms with Gasteiger partial charge in [0.25, 0.3) is 0 Å². The average molecular weight is 174 g/mol. The van der Waals surface area contributed by atoms with Crippen molar-refractivity contribution in [3.05, 3.63) is 0 Å². The molecule has 2 atom stereocenters. The molecule has 0 aliphatic heterocycles. The molecule has 0 radical (unpaired) electrons. The third-order valence-corrected chi connectivity index (χ3v) is 2.16. The first kappa shape index (κ1) is 9.48. The summed E-state index contributed by atoms with van der Waals surface area (Å²) in [7, 11) is 1.56. The highest BCUT2D eigenvalue weighted by atomic mass is 16.7. The van der Waals surface area contributed by atoms with Gasteiger partial charge in [0.05, 0.1) is 12.0 Å². The van der Waals surface area contributed by atoms with Crippen LogP contribution in [0.1, 0.15) is 19.3 Å². The molecule has 0 aromatic heterocycles. The summed E-state index contributed by atoms with van der Waals surface area (Å²) in [5.41, 5.74) is 0. The molecule has 1 saturated carbocycles. The van der Waals surface area contributed by atoms with E-state index in [1.54, 1.807) is 7.11 Å². The Morgan fingerprint density at radius 2 is 2.33 bits per heavy atom. The Bertz CT molecular complexity index is 157. The summed E-state index contributed by atoms with van der Waals surface area (Å²) in [6, 6.07) is 0. The molecule has 4 heteroatoms. The highest BCUT2D eigenvalue weighted by Crippen LogP contribution is 2.27. The van der Waals surface area contributed by atoms with Gasteiger partial charge >= 0.3 is 5.97 Å². The molecule has 2 unspecified atom stereocenters. The van der Waals surface area contributed by atoms with Gasteiger partial charge in [-0.1, -0.05) is 0 Å². The Hall–Kier alpha value is -0.610. The number of rotatable bonds is 4. The van der Waals surface area contributed by atoms with Crippen molar-refractivity contribution in [3.63, 3.8) is 0 Å². The molecule has 1 aliphatic rings. The summed E-state index contributed by atoms with van der Waals surface area (Å²) >= 11 is 0. The first-order valence-corrected chi connectivity index (χ1v) is 4.07. The Kier molecular flexibility index (Phi) is 3.49. The van der Waals surface area contributed by atoms with Gasteiger partial charge in [-0.15, -0.1) is 0 Å². The molecule has 0 aromatic carbocycles. The van der Waals surface area contributed by atoms with Crippen LogP contribution in [0.4, 0.5) is 0 Å². The zero-order valence-corrected chi connectivity index (χ0v) is 7.16. The smallest absolute Gasteiger partial charge is 0.306 e. The number of ether oxygens (including phenoxy) is 2. The maximum Gasteiger partial charge on any atom is 0.306 e. The highest BCUT2D eigenvalue weighted by molar-refractivity contribution is 5.70. The molecule has 0 bridgehead atoms. The summed E-state index contributed by atoms with van der Waals surface area (Å²) < 4.78 is 9.98. The molecule has 70 valence electrons. The van der Waals surface area contributed by atoms with E-state index < -0.39 is 5.97 Å².